The zero-order valence-corrected chi connectivity index (χ0v) is 11.9. The minimum absolute atomic E-state index is 0.642. The summed E-state index contributed by atoms with van der Waals surface area (Å²) in [6, 6.07) is 2.04. The largest absolute Gasteiger partial charge is 0.314 e. The molecule has 1 heterocycles. The Morgan fingerprint density at radius 3 is 2.75 bits per heavy atom. The number of rotatable bonds is 7. The van der Waals surface area contributed by atoms with E-state index < -0.39 is 0 Å². The first-order chi connectivity index (χ1) is 7.72. The monoisotopic (exact) mass is 244 g/mol. The van der Waals surface area contributed by atoms with Crippen molar-refractivity contribution in [3.05, 3.63) is 0 Å². The van der Waals surface area contributed by atoms with E-state index >= 15 is 0 Å². The summed E-state index contributed by atoms with van der Waals surface area (Å²) >= 11 is 2.03. The Kier molecular flexibility index (Phi) is 7.50. The molecule has 3 heteroatoms. The van der Waals surface area contributed by atoms with Crippen LogP contribution in [0.5, 0.6) is 0 Å². The molecule has 0 aromatic heterocycles. The topological polar surface area (TPSA) is 24.1 Å². The van der Waals surface area contributed by atoms with E-state index in [-0.39, 0.29) is 0 Å². The van der Waals surface area contributed by atoms with Gasteiger partial charge in [0.2, 0.25) is 0 Å². The van der Waals surface area contributed by atoms with Crippen LogP contribution in [0.25, 0.3) is 0 Å². The van der Waals surface area contributed by atoms with Crippen molar-refractivity contribution >= 4 is 11.8 Å². The molecule has 0 spiro atoms. The van der Waals surface area contributed by atoms with E-state index in [0.717, 1.165) is 6.04 Å². The van der Waals surface area contributed by atoms with E-state index in [0.29, 0.717) is 12.1 Å². The molecule has 0 aromatic carbocycles. The van der Waals surface area contributed by atoms with Gasteiger partial charge in [-0.3, -0.25) is 0 Å². The fourth-order valence-electron chi connectivity index (χ4n) is 2.45. The van der Waals surface area contributed by atoms with E-state index in [1.165, 1.54) is 43.7 Å². The number of piperidine rings is 1. The smallest absolute Gasteiger partial charge is 0.0132 e. The van der Waals surface area contributed by atoms with Crippen LogP contribution in [-0.2, 0) is 0 Å². The number of hydrogen-bond acceptors (Lipinski definition) is 3. The summed E-state index contributed by atoms with van der Waals surface area (Å²) in [5.74, 6) is 2.46. The molecule has 0 aromatic rings. The molecule has 0 bridgehead atoms. The zero-order valence-electron chi connectivity index (χ0n) is 11.1. The van der Waals surface area contributed by atoms with Gasteiger partial charge < -0.3 is 10.6 Å². The van der Waals surface area contributed by atoms with Crippen molar-refractivity contribution in [1.29, 1.82) is 0 Å². The van der Waals surface area contributed by atoms with Crippen LogP contribution in [-0.4, -0.2) is 36.2 Å². The Labute approximate surface area is 105 Å². The van der Waals surface area contributed by atoms with Gasteiger partial charge in [-0.15, -0.1) is 0 Å². The molecule has 0 saturated carbocycles. The quantitative estimate of drug-likeness (QED) is 0.720. The third-order valence-corrected chi connectivity index (χ3v) is 4.34. The highest BCUT2D eigenvalue weighted by molar-refractivity contribution is 7.99. The van der Waals surface area contributed by atoms with E-state index in [2.05, 4.69) is 31.4 Å². The highest BCUT2D eigenvalue weighted by Crippen LogP contribution is 2.12. The SMILES string of the molecule is CCSCC(C)NC(C)CC1CCCCN1. The van der Waals surface area contributed by atoms with Crippen molar-refractivity contribution < 1.29 is 0 Å². The molecule has 1 aliphatic heterocycles. The molecule has 0 aliphatic carbocycles. The van der Waals surface area contributed by atoms with Crippen LogP contribution in [0, 0.1) is 0 Å². The van der Waals surface area contributed by atoms with Gasteiger partial charge in [0, 0.05) is 23.9 Å². The molecular weight excluding hydrogens is 216 g/mol. The normalized spacial score (nSPS) is 25.3. The third-order valence-electron chi connectivity index (χ3n) is 3.19. The number of hydrogen-bond donors (Lipinski definition) is 2. The standard InChI is InChI=1S/C13H28N2S/c1-4-16-10-12(3)15-11(2)9-13-7-5-6-8-14-13/h11-15H,4-10H2,1-3H3. The van der Waals surface area contributed by atoms with E-state index in [4.69, 9.17) is 0 Å². The van der Waals surface area contributed by atoms with Crippen molar-refractivity contribution in [1.82, 2.24) is 10.6 Å². The van der Waals surface area contributed by atoms with Gasteiger partial charge in [0.05, 0.1) is 0 Å². The van der Waals surface area contributed by atoms with Gasteiger partial charge in [0.15, 0.2) is 0 Å². The summed E-state index contributed by atoms with van der Waals surface area (Å²) in [6.45, 7) is 8.07. The van der Waals surface area contributed by atoms with Crippen LogP contribution < -0.4 is 10.6 Å². The maximum Gasteiger partial charge on any atom is 0.0132 e. The van der Waals surface area contributed by atoms with Crippen LogP contribution in [0.3, 0.4) is 0 Å². The van der Waals surface area contributed by atoms with E-state index in [9.17, 15) is 0 Å². The lowest BCUT2D eigenvalue weighted by Crippen LogP contribution is -2.43. The molecule has 1 fully saturated rings. The van der Waals surface area contributed by atoms with E-state index in [1.807, 2.05) is 11.8 Å². The van der Waals surface area contributed by atoms with Crippen LogP contribution in [0.4, 0.5) is 0 Å². The van der Waals surface area contributed by atoms with E-state index in [1.54, 1.807) is 0 Å². The maximum absolute atomic E-state index is 3.70. The first-order valence-electron chi connectivity index (χ1n) is 6.79. The molecule has 1 aliphatic rings. The predicted molar refractivity (Wildman–Crippen MR) is 75.3 cm³/mol. The summed E-state index contributed by atoms with van der Waals surface area (Å²) in [6.07, 6.45) is 5.42. The van der Waals surface area contributed by atoms with Crippen molar-refractivity contribution in [2.45, 2.75) is 64.6 Å². The van der Waals surface area contributed by atoms with Gasteiger partial charge in [-0.1, -0.05) is 13.3 Å². The van der Waals surface area contributed by atoms with Crippen LogP contribution in [0.2, 0.25) is 0 Å². The van der Waals surface area contributed by atoms with Crippen LogP contribution >= 0.6 is 11.8 Å². The Bertz CT molecular complexity index is 169. The van der Waals surface area contributed by atoms with Gasteiger partial charge in [-0.2, -0.15) is 11.8 Å². The summed E-state index contributed by atoms with van der Waals surface area (Å²) < 4.78 is 0. The van der Waals surface area contributed by atoms with Gasteiger partial charge in [-0.25, -0.2) is 0 Å². The molecule has 2 nitrogen and oxygen atoms in total. The molecular formula is C13H28N2S. The minimum atomic E-state index is 0.642. The summed E-state index contributed by atoms with van der Waals surface area (Å²) in [5.41, 5.74) is 0. The highest BCUT2D eigenvalue weighted by Gasteiger charge is 2.16. The Balaban J connectivity index is 2.11. The third kappa shape index (κ3) is 6.12. The zero-order chi connectivity index (χ0) is 11.8. The fraction of sp³-hybridized carbons (Fsp3) is 1.00. The molecule has 3 unspecified atom stereocenters. The Morgan fingerprint density at radius 1 is 1.31 bits per heavy atom. The van der Waals surface area contributed by atoms with Crippen LogP contribution in [0.15, 0.2) is 0 Å². The molecule has 16 heavy (non-hydrogen) atoms. The Morgan fingerprint density at radius 2 is 2.12 bits per heavy atom. The predicted octanol–water partition coefficient (Wildman–Crippen LogP) is 2.64. The Hall–Kier alpha value is 0.270. The van der Waals surface area contributed by atoms with Crippen molar-refractivity contribution in [3.63, 3.8) is 0 Å². The molecule has 96 valence electrons. The second kappa shape index (κ2) is 8.37. The highest BCUT2D eigenvalue weighted by atomic mass is 32.2. The van der Waals surface area contributed by atoms with Gasteiger partial charge >= 0.3 is 0 Å². The van der Waals surface area contributed by atoms with Crippen LogP contribution in [0.1, 0.15) is 46.5 Å². The second-order valence-electron chi connectivity index (χ2n) is 5.01. The molecule has 1 rings (SSSR count). The van der Waals surface area contributed by atoms with Gasteiger partial charge in [0.1, 0.15) is 0 Å². The van der Waals surface area contributed by atoms with Crippen molar-refractivity contribution in [3.8, 4) is 0 Å². The summed E-state index contributed by atoms with van der Waals surface area (Å²) in [7, 11) is 0. The maximum atomic E-state index is 3.70. The first kappa shape index (κ1) is 14.3. The second-order valence-corrected chi connectivity index (χ2v) is 6.33. The first-order valence-corrected chi connectivity index (χ1v) is 7.95. The molecule has 2 N–H and O–H groups in total. The molecule has 0 amide bonds. The average molecular weight is 244 g/mol. The van der Waals surface area contributed by atoms with Crippen molar-refractivity contribution in [2.75, 3.05) is 18.1 Å². The average Bonchev–Trinajstić information content (AvgIpc) is 2.27. The summed E-state index contributed by atoms with van der Waals surface area (Å²) in [4.78, 5) is 0. The van der Waals surface area contributed by atoms with Gasteiger partial charge in [0.25, 0.3) is 0 Å². The fourth-order valence-corrected chi connectivity index (χ4v) is 3.13. The number of nitrogens with one attached hydrogen (secondary N) is 2. The van der Waals surface area contributed by atoms with Crippen molar-refractivity contribution in [2.24, 2.45) is 0 Å². The molecule has 3 atom stereocenters. The summed E-state index contributed by atoms with van der Waals surface area (Å²) in [5, 5.41) is 7.32. The lowest BCUT2D eigenvalue weighted by molar-refractivity contribution is 0.337. The van der Waals surface area contributed by atoms with Gasteiger partial charge in [-0.05, 0) is 45.4 Å². The number of thioether (sulfide) groups is 1. The molecule has 1 saturated heterocycles. The lowest BCUT2D eigenvalue weighted by Gasteiger charge is -2.28. The minimum Gasteiger partial charge on any atom is -0.314 e. The lowest BCUT2D eigenvalue weighted by atomic mass is 9.98. The molecule has 0 radical (unpaired) electrons.